The fraction of sp³-hybridized carbons (Fsp3) is 0.750. The summed E-state index contributed by atoms with van der Waals surface area (Å²) in [6.07, 6.45) is 6.02. The van der Waals surface area contributed by atoms with E-state index in [1.54, 1.807) is 6.33 Å². The summed E-state index contributed by atoms with van der Waals surface area (Å²) in [5.41, 5.74) is 2.56. The minimum Gasteiger partial charge on any atom is -0.313 e. The molecule has 1 aromatic rings. The molecule has 1 aromatic heterocycles. The Balaban J connectivity index is 2.75. The number of aromatic nitrogens is 2. The average molecular weight is 263 g/mol. The Morgan fingerprint density at radius 1 is 1.11 bits per heavy atom. The molecule has 0 spiro atoms. The van der Waals surface area contributed by atoms with E-state index in [0.29, 0.717) is 6.04 Å². The number of hydrogen-bond acceptors (Lipinski definition) is 3. The van der Waals surface area contributed by atoms with E-state index in [1.807, 2.05) is 0 Å². The molecule has 3 heteroatoms. The van der Waals surface area contributed by atoms with Crippen LogP contribution in [-0.2, 0) is 12.8 Å². The highest BCUT2D eigenvalue weighted by atomic mass is 14.9. The van der Waals surface area contributed by atoms with Gasteiger partial charge in [0.25, 0.3) is 0 Å². The Labute approximate surface area is 118 Å². The highest BCUT2D eigenvalue weighted by molar-refractivity contribution is 5.10. The van der Waals surface area contributed by atoms with Gasteiger partial charge in [0.15, 0.2) is 0 Å². The van der Waals surface area contributed by atoms with Gasteiger partial charge in [0.1, 0.15) is 6.33 Å². The number of hydrogen-bond donors (Lipinski definition) is 1. The van der Waals surface area contributed by atoms with Crippen LogP contribution in [0.25, 0.3) is 0 Å². The van der Waals surface area contributed by atoms with Crippen LogP contribution in [0.15, 0.2) is 12.4 Å². The van der Waals surface area contributed by atoms with E-state index in [-0.39, 0.29) is 5.41 Å². The van der Waals surface area contributed by atoms with Gasteiger partial charge in [-0.15, -0.1) is 0 Å². The van der Waals surface area contributed by atoms with Gasteiger partial charge in [-0.1, -0.05) is 41.0 Å². The maximum Gasteiger partial charge on any atom is 0.115 e. The second-order valence-electron chi connectivity index (χ2n) is 6.33. The molecule has 1 unspecified atom stereocenters. The minimum atomic E-state index is 0.241. The minimum absolute atomic E-state index is 0.241. The molecule has 0 bridgehead atoms. The third-order valence-electron chi connectivity index (χ3n) is 3.39. The lowest BCUT2D eigenvalue weighted by Crippen LogP contribution is -2.42. The maximum absolute atomic E-state index is 4.43. The van der Waals surface area contributed by atoms with Crippen molar-refractivity contribution in [2.24, 2.45) is 5.41 Å². The van der Waals surface area contributed by atoms with Crippen LogP contribution < -0.4 is 5.32 Å². The van der Waals surface area contributed by atoms with Crippen LogP contribution in [0, 0.1) is 5.41 Å². The standard InChI is InChI=1S/C16H29N3/c1-6-8-13-10-14(19-12-18-13)11-15(16(3,4)5)17-9-7-2/h10,12,15,17H,6-9,11H2,1-5H3. The number of rotatable bonds is 7. The first-order chi connectivity index (χ1) is 8.97. The second kappa shape index (κ2) is 7.59. The first kappa shape index (κ1) is 16.1. The molecule has 108 valence electrons. The van der Waals surface area contributed by atoms with E-state index in [9.17, 15) is 0 Å². The third-order valence-corrected chi connectivity index (χ3v) is 3.39. The van der Waals surface area contributed by atoms with Gasteiger partial charge >= 0.3 is 0 Å². The molecule has 1 atom stereocenters. The number of nitrogens with zero attached hydrogens (tertiary/aromatic N) is 2. The summed E-state index contributed by atoms with van der Waals surface area (Å²) < 4.78 is 0. The van der Waals surface area contributed by atoms with E-state index in [4.69, 9.17) is 0 Å². The fourth-order valence-corrected chi connectivity index (χ4v) is 2.16. The van der Waals surface area contributed by atoms with Crippen LogP contribution in [0.5, 0.6) is 0 Å². The topological polar surface area (TPSA) is 37.8 Å². The van der Waals surface area contributed by atoms with E-state index in [1.165, 1.54) is 0 Å². The van der Waals surface area contributed by atoms with Crippen LogP contribution in [0.3, 0.4) is 0 Å². The Morgan fingerprint density at radius 2 is 1.79 bits per heavy atom. The molecule has 0 aromatic carbocycles. The fourth-order valence-electron chi connectivity index (χ4n) is 2.16. The van der Waals surface area contributed by atoms with Gasteiger partial charge in [0, 0.05) is 23.9 Å². The van der Waals surface area contributed by atoms with Crippen LogP contribution in [0.4, 0.5) is 0 Å². The van der Waals surface area contributed by atoms with Crippen molar-refractivity contribution in [1.29, 1.82) is 0 Å². The second-order valence-corrected chi connectivity index (χ2v) is 6.33. The Hall–Kier alpha value is -0.960. The number of aryl methyl sites for hydroxylation is 1. The van der Waals surface area contributed by atoms with Gasteiger partial charge in [-0.2, -0.15) is 0 Å². The van der Waals surface area contributed by atoms with Crippen LogP contribution in [0.1, 0.15) is 58.8 Å². The van der Waals surface area contributed by atoms with Crippen LogP contribution in [0.2, 0.25) is 0 Å². The predicted molar refractivity (Wildman–Crippen MR) is 81.3 cm³/mol. The highest BCUT2D eigenvalue weighted by Gasteiger charge is 2.24. The first-order valence-corrected chi connectivity index (χ1v) is 7.50. The quantitative estimate of drug-likeness (QED) is 0.819. The van der Waals surface area contributed by atoms with Crippen molar-refractivity contribution in [3.63, 3.8) is 0 Å². The van der Waals surface area contributed by atoms with E-state index in [0.717, 1.165) is 43.6 Å². The summed E-state index contributed by atoms with van der Waals surface area (Å²) in [5, 5.41) is 3.65. The first-order valence-electron chi connectivity index (χ1n) is 7.50. The van der Waals surface area contributed by atoms with Crippen LogP contribution in [-0.4, -0.2) is 22.6 Å². The zero-order valence-corrected chi connectivity index (χ0v) is 13.2. The molecule has 0 fully saturated rings. The molecule has 0 aliphatic heterocycles. The van der Waals surface area contributed by atoms with Crippen molar-refractivity contribution >= 4 is 0 Å². The van der Waals surface area contributed by atoms with Gasteiger partial charge in [0.2, 0.25) is 0 Å². The molecule has 0 amide bonds. The number of nitrogens with one attached hydrogen (secondary N) is 1. The monoisotopic (exact) mass is 263 g/mol. The smallest absolute Gasteiger partial charge is 0.115 e. The van der Waals surface area contributed by atoms with Crippen molar-refractivity contribution in [3.8, 4) is 0 Å². The molecule has 1 rings (SSSR count). The Morgan fingerprint density at radius 3 is 2.37 bits per heavy atom. The lowest BCUT2D eigenvalue weighted by Gasteiger charge is -2.31. The molecule has 0 saturated heterocycles. The molecule has 0 aliphatic rings. The molecule has 0 aliphatic carbocycles. The summed E-state index contributed by atoms with van der Waals surface area (Å²) in [7, 11) is 0. The van der Waals surface area contributed by atoms with Crippen molar-refractivity contribution in [1.82, 2.24) is 15.3 Å². The predicted octanol–water partition coefficient (Wildman–Crippen LogP) is 3.39. The van der Waals surface area contributed by atoms with E-state index >= 15 is 0 Å². The summed E-state index contributed by atoms with van der Waals surface area (Å²) in [6, 6.07) is 2.62. The van der Waals surface area contributed by atoms with Crippen molar-refractivity contribution in [2.75, 3.05) is 6.54 Å². The van der Waals surface area contributed by atoms with Crippen LogP contribution >= 0.6 is 0 Å². The lowest BCUT2D eigenvalue weighted by atomic mass is 9.84. The zero-order chi connectivity index (χ0) is 14.3. The van der Waals surface area contributed by atoms with Gasteiger partial charge in [0.05, 0.1) is 0 Å². The Bertz CT molecular complexity index is 369. The normalized spacial score (nSPS) is 13.5. The largest absolute Gasteiger partial charge is 0.313 e. The highest BCUT2D eigenvalue weighted by Crippen LogP contribution is 2.22. The summed E-state index contributed by atoms with van der Waals surface area (Å²) in [6.45, 7) is 12.3. The molecule has 19 heavy (non-hydrogen) atoms. The molecule has 1 N–H and O–H groups in total. The lowest BCUT2D eigenvalue weighted by molar-refractivity contribution is 0.265. The van der Waals surface area contributed by atoms with Crippen molar-refractivity contribution < 1.29 is 0 Å². The van der Waals surface area contributed by atoms with E-state index in [2.05, 4.69) is 56.0 Å². The van der Waals surface area contributed by atoms with Gasteiger partial charge in [-0.05, 0) is 30.9 Å². The molecule has 0 saturated carbocycles. The van der Waals surface area contributed by atoms with Gasteiger partial charge in [-0.3, -0.25) is 0 Å². The summed E-state index contributed by atoms with van der Waals surface area (Å²) in [5.74, 6) is 0. The third kappa shape index (κ3) is 5.68. The molecule has 0 radical (unpaired) electrons. The Kier molecular flexibility index (Phi) is 6.43. The van der Waals surface area contributed by atoms with Crippen molar-refractivity contribution in [2.45, 2.75) is 66.3 Å². The van der Waals surface area contributed by atoms with Crippen molar-refractivity contribution in [3.05, 3.63) is 23.8 Å². The SMILES string of the molecule is CCCNC(Cc1cc(CCC)ncn1)C(C)(C)C. The molecular weight excluding hydrogens is 234 g/mol. The summed E-state index contributed by atoms with van der Waals surface area (Å²) >= 11 is 0. The molecule has 3 nitrogen and oxygen atoms in total. The molecular formula is C16H29N3. The van der Waals surface area contributed by atoms with Gasteiger partial charge < -0.3 is 5.32 Å². The zero-order valence-electron chi connectivity index (χ0n) is 13.2. The van der Waals surface area contributed by atoms with E-state index < -0.39 is 0 Å². The average Bonchev–Trinajstić information content (AvgIpc) is 2.34. The molecule has 1 heterocycles. The summed E-state index contributed by atoms with van der Waals surface area (Å²) in [4.78, 5) is 8.76. The maximum atomic E-state index is 4.43. The van der Waals surface area contributed by atoms with Gasteiger partial charge in [-0.25, -0.2) is 9.97 Å².